The minimum absolute atomic E-state index is 0.0417. The molecule has 20 heteroatoms. The van der Waals surface area contributed by atoms with Crippen molar-refractivity contribution < 1.29 is 65.2 Å². The van der Waals surface area contributed by atoms with Gasteiger partial charge in [0.05, 0.1) is 45.8 Å². The number of anilines is 1. The van der Waals surface area contributed by atoms with E-state index in [1.54, 1.807) is 32.6 Å². The second-order valence-electron chi connectivity index (χ2n) is 19.4. The first kappa shape index (κ1) is 47.6. The molecular formula is C49H52F4N6O10. The summed E-state index contributed by atoms with van der Waals surface area (Å²) >= 11 is 0. The molecule has 69 heavy (non-hydrogen) atoms. The van der Waals surface area contributed by atoms with Crippen molar-refractivity contribution in [1.82, 2.24) is 24.8 Å². The number of amides is 1. The minimum Gasteiger partial charge on any atom is -0.461 e. The summed E-state index contributed by atoms with van der Waals surface area (Å²) in [5, 5.41) is 0.460. The van der Waals surface area contributed by atoms with Crippen LogP contribution in [-0.2, 0) is 28.5 Å². The zero-order chi connectivity index (χ0) is 49.3. The summed E-state index contributed by atoms with van der Waals surface area (Å²) in [7, 11) is 0. The lowest BCUT2D eigenvalue weighted by molar-refractivity contribution is -0.171. The Morgan fingerprint density at radius 1 is 0.899 bits per heavy atom. The third kappa shape index (κ3) is 8.78. The summed E-state index contributed by atoms with van der Waals surface area (Å²) in [5.41, 5.74) is -2.77. The molecule has 0 radical (unpaired) electrons. The van der Waals surface area contributed by atoms with Crippen molar-refractivity contribution in [2.75, 3.05) is 37.7 Å². The topological polar surface area (TPSA) is 172 Å². The van der Waals surface area contributed by atoms with E-state index in [0.29, 0.717) is 25.8 Å². The van der Waals surface area contributed by atoms with Gasteiger partial charge in [0.2, 0.25) is 12.6 Å². The van der Waals surface area contributed by atoms with Gasteiger partial charge in [-0.05, 0) is 62.2 Å². The number of halogens is 4. The summed E-state index contributed by atoms with van der Waals surface area (Å²) < 4.78 is 95.6. The molecule has 5 aliphatic rings. The van der Waals surface area contributed by atoms with E-state index in [2.05, 4.69) is 20.8 Å². The molecular weight excluding hydrogens is 909 g/mol. The van der Waals surface area contributed by atoms with Gasteiger partial charge in [-0.1, -0.05) is 39.7 Å². The predicted molar refractivity (Wildman–Crippen MR) is 239 cm³/mol. The molecule has 4 aromatic rings. The van der Waals surface area contributed by atoms with Crippen LogP contribution in [0.15, 0.2) is 30.5 Å². The van der Waals surface area contributed by atoms with Crippen molar-refractivity contribution in [2.45, 2.75) is 116 Å². The number of carbonyl (C=O) groups is 4. The first-order valence-corrected chi connectivity index (χ1v) is 23.1. The fourth-order valence-corrected chi connectivity index (χ4v) is 10.4. The SMILES string of the molecule is C#Cc1c(F)ccc2cc(OC(=O)OC(C)OC(=O)C(C)C)cc(-c3ncc4c(N5CC6CCC(C5)N6C(=O)OC(C)OC(=O)C(C)C)nc(OCC56CCCN5CC5(C6)CC5(F)F)nc4c3F)c12. The number of carbonyl (C=O) groups excluding carboxylic acids is 4. The monoisotopic (exact) mass is 960 g/mol. The summed E-state index contributed by atoms with van der Waals surface area (Å²) in [5.74, 6) is -4.25. The van der Waals surface area contributed by atoms with Crippen molar-refractivity contribution >= 4 is 51.7 Å². The predicted octanol–water partition coefficient (Wildman–Crippen LogP) is 8.14. The molecule has 1 amide bonds. The number of aromatic nitrogens is 3. The van der Waals surface area contributed by atoms with Gasteiger partial charge in [-0.2, -0.15) is 9.97 Å². The van der Waals surface area contributed by atoms with E-state index in [0.717, 1.165) is 12.5 Å². The third-order valence-corrected chi connectivity index (χ3v) is 13.9. The quantitative estimate of drug-likeness (QED) is 0.0438. The number of hydrogen-bond acceptors (Lipinski definition) is 15. The van der Waals surface area contributed by atoms with Crippen LogP contribution in [0.3, 0.4) is 0 Å². The number of benzene rings is 2. The molecule has 2 aromatic carbocycles. The van der Waals surface area contributed by atoms with Gasteiger partial charge in [-0.15, -0.1) is 6.42 Å². The Morgan fingerprint density at radius 2 is 1.57 bits per heavy atom. The van der Waals surface area contributed by atoms with E-state index in [4.69, 9.17) is 39.8 Å². The van der Waals surface area contributed by atoms with Crippen molar-refractivity contribution in [3.05, 3.63) is 47.7 Å². The number of nitrogens with zero attached hydrogens (tertiary/aromatic N) is 6. The number of fused-ring (bicyclic) bond motifs is 5. The van der Waals surface area contributed by atoms with E-state index in [1.165, 1.54) is 38.2 Å². The summed E-state index contributed by atoms with van der Waals surface area (Å²) in [4.78, 5) is 70.3. The minimum atomic E-state index is -2.77. The second kappa shape index (κ2) is 17.8. The lowest BCUT2D eigenvalue weighted by Crippen LogP contribution is -2.56. The number of piperazine rings is 1. The van der Waals surface area contributed by atoms with Gasteiger partial charge in [0.1, 0.15) is 35.2 Å². The first-order valence-electron chi connectivity index (χ1n) is 23.1. The largest absolute Gasteiger partial charge is 0.516 e. The fraction of sp³-hybridized carbons (Fsp3) is 0.531. The Hall–Kier alpha value is -6.49. The fourth-order valence-electron chi connectivity index (χ4n) is 10.4. The molecule has 2 bridgehead atoms. The van der Waals surface area contributed by atoms with Crippen molar-refractivity contribution in [3.63, 3.8) is 0 Å². The molecule has 5 fully saturated rings. The zero-order valence-electron chi connectivity index (χ0n) is 39.0. The van der Waals surface area contributed by atoms with Crippen LogP contribution in [0.4, 0.5) is 33.0 Å². The van der Waals surface area contributed by atoms with E-state index >= 15 is 8.78 Å². The first-order chi connectivity index (χ1) is 32.7. The van der Waals surface area contributed by atoms with Crippen LogP contribution >= 0.6 is 0 Å². The number of alkyl halides is 2. The van der Waals surface area contributed by atoms with Crippen LogP contribution < -0.4 is 14.4 Å². The highest BCUT2D eigenvalue weighted by atomic mass is 19.3. The average Bonchev–Trinajstić information content (AvgIpc) is 3.55. The van der Waals surface area contributed by atoms with Crippen LogP contribution in [0.25, 0.3) is 32.9 Å². The van der Waals surface area contributed by atoms with Gasteiger partial charge in [-0.3, -0.25) is 24.4 Å². The maximum Gasteiger partial charge on any atom is 0.516 e. The molecule has 4 saturated heterocycles. The van der Waals surface area contributed by atoms with E-state index in [-0.39, 0.29) is 107 Å². The highest BCUT2D eigenvalue weighted by Crippen LogP contribution is 2.69. The lowest BCUT2D eigenvalue weighted by atomic mass is 9.89. The number of esters is 2. The number of hydrogen-bond donors (Lipinski definition) is 0. The highest BCUT2D eigenvalue weighted by molar-refractivity contribution is 6.03. The smallest absolute Gasteiger partial charge is 0.461 e. The van der Waals surface area contributed by atoms with Crippen LogP contribution in [0.1, 0.15) is 85.6 Å². The molecule has 6 atom stereocenters. The molecule has 6 unspecified atom stereocenters. The van der Waals surface area contributed by atoms with Gasteiger partial charge in [0.25, 0.3) is 5.92 Å². The Labute approximate surface area is 394 Å². The Morgan fingerprint density at radius 3 is 2.20 bits per heavy atom. The van der Waals surface area contributed by atoms with Gasteiger partial charge < -0.3 is 33.3 Å². The zero-order valence-corrected chi connectivity index (χ0v) is 39.0. The molecule has 1 saturated carbocycles. The summed E-state index contributed by atoms with van der Waals surface area (Å²) in [6.07, 6.45) is 5.41. The number of ether oxygens (including phenoxy) is 6. The van der Waals surface area contributed by atoms with Gasteiger partial charge in [0.15, 0.2) is 5.82 Å². The maximum atomic E-state index is 17.7. The van der Waals surface area contributed by atoms with Crippen molar-refractivity contribution in [2.24, 2.45) is 17.3 Å². The molecule has 1 aliphatic carbocycles. The van der Waals surface area contributed by atoms with Gasteiger partial charge >= 0.3 is 30.2 Å². The Balaban J connectivity index is 1.09. The van der Waals surface area contributed by atoms with Crippen LogP contribution in [0, 0.1) is 41.2 Å². The summed E-state index contributed by atoms with van der Waals surface area (Å²) in [6.45, 7) is 10.6. The lowest BCUT2D eigenvalue weighted by Gasteiger charge is -2.41. The van der Waals surface area contributed by atoms with Crippen LogP contribution in [0.2, 0.25) is 0 Å². The van der Waals surface area contributed by atoms with E-state index in [9.17, 15) is 28.0 Å². The summed E-state index contributed by atoms with van der Waals surface area (Å²) in [6, 6.07) is 4.07. The van der Waals surface area contributed by atoms with E-state index < -0.39 is 77.1 Å². The van der Waals surface area contributed by atoms with Crippen LogP contribution in [0.5, 0.6) is 11.8 Å². The van der Waals surface area contributed by atoms with Gasteiger partial charge in [0, 0.05) is 57.0 Å². The molecule has 0 N–H and O–H groups in total. The standard InChI is InChI=1S/C49H52F4N6O10/c1-8-33-36(50)13-10-29-16-32(69-46(63)68-28(7)66-43(61)26(4)5)17-34(37(29)33)39-38(51)40-35(18-54-39)41(56-44(55-40)64-24-48-14-9-15-58(48)23-47(21-48)22-49(47,52)53)57-19-30-11-12-31(20-57)59(30)45(62)67-27(6)65-42(60)25(2)3/h1,10,13,16-18,25-28,30-31H,9,11-12,14-15,19-24H2,2-7H3. The molecule has 1 spiro atoms. The Kier molecular flexibility index (Phi) is 12.3. The normalized spacial score (nSPS) is 24.3. The molecule has 9 rings (SSSR count). The number of pyridine rings is 1. The molecule has 16 nitrogen and oxygen atoms in total. The molecule has 2 aromatic heterocycles. The third-order valence-electron chi connectivity index (χ3n) is 13.9. The Bertz CT molecular complexity index is 2790. The van der Waals surface area contributed by atoms with Crippen molar-refractivity contribution in [1.29, 1.82) is 0 Å². The number of rotatable bonds is 12. The van der Waals surface area contributed by atoms with Crippen molar-refractivity contribution in [3.8, 4) is 35.4 Å². The second-order valence-corrected chi connectivity index (χ2v) is 19.4. The number of terminal acetylenes is 1. The average molecular weight is 961 g/mol. The molecule has 4 aliphatic heterocycles. The van der Waals surface area contributed by atoms with Crippen LogP contribution in [-0.4, -0.2) is 118 Å². The van der Waals surface area contributed by atoms with Gasteiger partial charge in [-0.25, -0.2) is 27.2 Å². The molecule has 6 heterocycles. The highest BCUT2D eigenvalue weighted by Gasteiger charge is 2.77. The molecule has 366 valence electrons. The van der Waals surface area contributed by atoms with E-state index in [1.807, 2.05) is 4.90 Å². The maximum absolute atomic E-state index is 17.7.